The van der Waals surface area contributed by atoms with E-state index in [0.29, 0.717) is 13.0 Å². The predicted molar refractivity (Wildman–Crippen MR) is 109 cm³/mol. The molecule has 1 aromatic carbocycles. The number of nitriles is 1. The third-order valence-corrected chi connectivity index (χ3v) is 5.49. The Bertz CT molecular complexity index is 733. The van der Waals surface area contributed by atoms with E-state index in [-0.39, 0.29) is 11.7 Å². The van der Waals surface area contributed by atoms with Gasteiger partial charge in [0.05, 0.1) is 18.2 Å². The number of thioether (sulfide) groups is 1. The van der Waals surface area contributed by atoms with Crippen molar-refractivity contribution in [2.45, 2.75) is 24.1 Å². The first kappa shape index (κ1) is 21.2. The lowest BCUT2D eigenvalue weighted by atomic mass is 10.2. The third kappa shape index (κ3) is 7.54. The number of amides is 1. The van der Waals surface area contributed by atoms with Crippen LogP contribution in [0, 0.1) is 11.3 Å². The Balaban J connectivity index is 1.83. The number of benzene rings is 1. The van der Waals surface area contributed by atoms with E-state index in [0.717, 1.165) is 41.3 Å². The number of hydrogen-bond donors (Lipinski definition) is 1. The maximum atomic E-state index is 12.6. The Morgan fingerprint density at radius 3 is 2.93 bits per heavy atom. The maximum absolute atomic E-state index is 12.6. The second-order valence-corrected chi connectivity index (χ2v) is 7.63. The first-order valence-electron chi connectivity index (χ1n) is 8.75. The molecule has 2 aromatic rings. The Labute approximate surface area is 167 Å². The molecule has 0 aliphatic rings. The highest BCUT2D eigenvalue weighted by molar-refractivity contribution is 8.01. The maximum Gasteiger partial charge on any atom is 0.237 e. The van der Waals surface area contributed by atoms with Crippen LogP contribution < -0.4 is 10.2 Å². The molecule has 7 nitrogen and oxygen atoms in total. The number of para-hydroxylation sites is 1. The van der Waals surface area contributed by atoms with Gasteiger partial charge in [0.1, 0.15) is 0 Å². The number of carbonyl (C=O) groups excluding carboxylic acids is 1. The lowest BCUT2D eigenvalue weighted by Crippen LogP contribution is -2.33. The molecule has 1 aromatic heterocycles. The quantitative estimate of drug-likeness (QED) is 0.427. The molecule has 0 unspecified atom stereocenters. The zero-order valence-corrected chi connectivity index (χ0v) is 16.9. The summed E-state index contributed by atoms with van der Waals surface area (Å²) in [6.07, 6.45) is 1.19. The second kappa shape index (κ2) is 12.3. The summed E-state index contributed by atoms with van der Waals surface area (Å²) in [6, 6.07) is 11.5. The van der Waals surface area contributed by atoms with E-state index in [1.165, 1.54) is 23.1 Å². The minimum atomic E-state index is -0.0529. The molecule has 2 rings (SSSR count). The van der Waals surface area contributed by atoms with Gasteiger partial charge in [-0.25, -0.2) is 0 Å². The van der Waals surface area contributed by atoms with Crippen LogP contribution in [0.4, 0.5) is 10.8 Å². The summed E-state index contributed by atoms with van der Waals surface area (Å²) in [7, 11) is 0. The molecule has 0 aliphatic heterocycles. The SMILES string of the molecule is CCOCCCNc1nnc(SCC(=O)N(CCC#N)c2ccccc2)s1. The molecule has 27 heavy (non-hydrogen) atoms. The van der Waals surface area contributed by atoms with E-state index in [1.807, 2.05) is 37.3 Å². The smallest absolute Gasteiger partial charge is 0.237 e. The van der Waals surface area contributed by atoms with Gasteiger partial charge in [-0.3, -0.25) is 4.79 Å². The van der Waals surface area contributed by atoms with Crippen molar-refractivity contribution in [2.24, 2.45) is 0 Å². The van der Waals surface area contributed by atoms with Gasteiger partial charge in [-0.05, 0) is 25.5 Å². The fourth-order valence-electron chi connectivity index (χ4n) is 2.22. The first-order chi connectivity index (χ1) is 13.2. The van der Waals surface area contributed by atoms with Gasteiger partial charge in [0.15, 0.2) is 4.34 Å². The Kier molecular flexibility index (Phi) is 9.62. The molecule has 0 radical (unpaired) electrons. The Hall–Kier alpha value is -2.15. The lowest BCUT2D eigenvalue weighted by molar-refractivity contribution is -0.116. The summed E-state index contributed by atoms with van der Waals surface area (Å²) in [4.78, 5) is 14.3. The van der Waals surface area contributed by atoms with Crippen molar-refractivity contribution in [3.05, 3.63) is 30.3 Å². The van der Waals surface area contributed by atoms with Crippen LogP contribution in [-0.2, 0) is 9.53 Å². The summed E-state index contributed by atoms with van der Waals surface area (Å²) in [5, 5.41) is 21.0. The molecule has 0 saturated heterocycles. The minimum absolute atomic E-state index is 0.0529. The third-order valence-electron chi connectivity index (χ3n) is 3.49. The molecule has 0 fully saturated rings. The topological polar surface area (TPSA) is 91.1 Å². The van der Waals surface area contributed by atoms with Crippen LogP contribution in [0.25, 0.3) is 0 Å². The molecule has 144 valence electrons. The van der Waals surface area contributed by atoms with Crippen molar-refractivity contribution >= 4 is 39.8 Å². The van der Waals surface area contributed by atoms with Crippen molar-refractivity contribution in [1.29, 1.82) is 5.26 Å². The molecule has 1 N–H and O–H groups in total. The molecular formula is C18H23N5O2S2. The molecular weight excluding hydrogens is 382 g/mol. The summed E-state index contributed by atoms with van der Waals surface area (Å²) in [5.74, 6) is 0.196. The number of aromatic nitrogens is 2. The summed E-state index contributed by atoms with van der Waals surface area (Å²) in [6.45, 7) is 4.57. The molecule has 1 amide bonds. The molecule has 0 aliphatic carbocycles. The number of rotatable bonds is 12. The van der Waals surface area contributed by atoms with Crippen LogP contribution in [0.15, 0.2) is 34.7 Å². The van der Waals surface area contributed by atoms with Crippen LogP contribution in [0.1, 0.15) is 19.8 Å². The average Bonchev–Trinajstić information content (AvgIpc) is 3.15. The zero-order chi connectivity index (χ0) is 19.3. The van der Waals surface area contributed by atoms with Crippen molar-refractivity contribution in [1.82, 2.24) is 10.2 Å². The number of carbonyl (C=O) groups is 1. The van der Waals surface area contributed by atoms with Crippen molar-refractivity contribution in [3.63, 3.8) is 0 Å². The lowest BCUT2D eigenvalue weighted by Gasteiger charge is -2.21. The largest absolute Gasteiger partial charge is 0.382 e. The molecule has 0 spiro atoms. The van der Waals surface area contributed by atoms with Crippen LogP contribution in [0.2, 0.25) is 0 Å². The summed E-state index contributed by atoms with van der Waals surface area (Å²) in [5.41, 5.74) is 0.798. The van der Waals surface area contributed by atoms with Crippen LogP contribution in [0.5, 0.6) is 0 Å². The number of hydrogen-bond acceptors (Lipinski definition) is 8. The van der Waals surface area contributed by atoms with E-state index >= 15 is 0 Å². The van der Waals surface area contributed by atoms with E-state index in [2.05, 4.69) is 21.6 Å². The summed E-state index contributed by atoms with van der Waals surface area (Å²) >= 11 is 2.79. The monoisotopic (exact) mass is 405 g/mol. The molecule has 9 heteroatoms. The number of nitrogens with zero attached hydrogens (tertiary/aromatic N) is 4. The second-order valence-electron chi connectivity index (χ2n) is 5.43. The standard InChI is InChI=1S/C18H23N5O2S2/c1-2-25-13-7-11-20-17-21-22-18(27-17)26-14-16(24)23(12-6-10-19)15-8-4-3-5-9-15/h3-5,8-9H,2,6-7,11-14H2,1H3,(H,20,21). The zero-order valence-electron chi connectivity index (χ0n) is 15.3. The molecule has 1 heterocycles. The number of nitrogens with one attached hydrogen (secondary N) is 1. The van der Waals surface area contributed by atoms with Gasteiger partial charge in [-0.15, -0.1) is 10.2 Å². The highest BCUT2D eigenvalue weighted by atomic mass is 32.2. The van der Waals surface area contributed by atoms with E-state index in [4.69, 9.17) is 10.00 Å². The van der Waals surface area contributed by atoms with Crippen molar-refractivity contribution in [2.75, 3.05) is 42.3 Å². The Morgan fingerprint density at radius 2 is 2.19 bits per heavy atom. The highest BCUT2D eigenvalue weighted by Gasteiger charge is 2.16. The van der Waals surface area contributed by atoms with Gasteiger partial charge in [0.25, 0.3) is 0 Å². The summed E-state index contributed by atoms with van der Waals surface area (Å²) < 4.78 is 6.03. The van der Waals surface area contributed by atoms with Gasteiger partial charge < -0.3 is 15.0 Å². The fraction of sp³-hybridized carbons (Fsp3) is 0.444. The van der Waals surface area contributed by atoms with E-state index in [9.17, 15) is 4.79 Å². The van der Waals surface area contributed by atoms with Crippen LogP contribution in [0.3, 0.4) is 0 Å². The molecule has 0 atom stereocenters. The Morgan fingerprint density at radius 1 is 1.37 bits per heavy atom. The van der Waals surface area contributed by atoms with Gasteiger partial charge in [0.2, 0.25) is 11.0 Å². The number of anilines is 2. The van der Waals surface area contributed by atoms with Crippen LogP contribution in [-0.4, -0.2) is 48.2 Å². The number of ether oxygens (including phenoxy) is 1. The predicted octanol–water partition coefficient (Wildman–Crippen LogP) is 3.42. The van der Waals surface area contributed by atoms with E-state index < -0.39 is 0 Å². The van der Waals surface area contributed by atoms with Crippen molar-refractivity contribution in [3.8, 4) is 6.07 Å². The van der Waals surface area contributed by atoms with E-state index in [1.54, 1.807) is 4.90 Å². The first-order valence-corrected chi connectivity index (χ1v) is 10.5. The normalized spacial score (nSPS) is 10.4. The van der Waals surface area contributed by atoms with Gasteiger partial charge >= 0.3 is 0 Å². The molecule has 0 bridgehead atoms. The van der Waals surface area contributed by atoms with Gasteiger partial charge in [0, 0.05) is 32.0 Å². The average molecular weight is 406 g/mol. The van der Waals surface area contributed by atoms with Crippen LogP contribution >= 0.6 is 23.1 Å². The fourth-order valence-corrected chi connectivity index (χ4v) is 3.88. The molecule has 0 saturated carbocycles. The highest BCUT2D eigenvalue weighted by Crippen LogP contribution is 2.26. The minimum Gasteiger partial charge on any atom is -0.382 e. The van der Waals surface area contributed by atoms with Gasteiger partial charge in [-0.2, -0.15) is 5.26 Å². The van der Waals surface area contributed by atoms with Gasteiger partial charge in [-0.1, -0.05) is 41.3 Å². The van der Waals surface area contributed by atoms with Crippen molar-refractivity contribution < 1.29 is 9.53 Å².